The third-order valence-corrected chi connectivity index (χ3v) is 2.71. The molecule has 0 aliphatic heterocycles. The molecule has 0 aliphatic rings. The van der Waals surface area contributed by atoms with Gasteiger partial charge in [0.2, 0.25) is 0 Å². The number of carbonyl (C=O) groups is 1. The largest absolute Gasteiger partial charge is 0.481 e. The molecule has 0 amide bonds. The second kappa shape index (κ2) is 3.66. The smallest absolute Gasteiger partial charge is 0.311 e. The van der Waals surface area contributed by atoms with Crippen LogP contribution >= 0.6 is 15.9 Å². The number of imidazole rings is 1. The highest BCUT2D eigenvalue weighted by molar-refractivity contribution is 9.10. The predicted octanol–water partition coefficient (Wildman–Crippen LogP) is 2.03. The van der Waals surface area contributed by atoms with E-state index in [0.29, 0.717) is 10.4 Å². The first-order valence-corrected chi connectivity index (χ1v) is 5.22. The molecule has 0 bridgehead atoms. The normalized spacial score (nSPS) is 10.8. The van der Waals surface area contributed by atoms with Crippen molar-refractivity contribution in [1.29, 1.82) is 0 Å². The number of rotatable bonds is 2. The van der Waals surface area contributed by atoms with Gasteiger partial charge in [-0.15, -0.1) is 0 Å². The van der Waals surface area contributed by atoms with Gasteiger partial charge in [-0.25, -0.2) is 4.98 Å². The summed E-state index contributed by atoms with van der Waals surface area (Å²) in [4.78, 5) is 14.8. The fourth-order valence-electron chi connectivity index (χ4n) is 1.47. The molecule has 2 rings (SSSR count). The topological polar surface area (TPSA) is 54.6 Å². The van der Waals surface area contributed by atoms with E-state index < -0.39 is 5.97 Å². The highest BCUT2D eigenvalue weighted by Crippen LogP contribution is 2.19. The van der Waals surface area contributed by atoms with Gasteiger partial charge in [-0.3, -0.25) is 4.79 Å². The number of nitrogens with zero attached hydrogens (tertiary/aromatic N) is 2. The molecule has 0 saturated carbocycles. The molecule has 0 spiro atoms. The van der Waals surface area contributed by atoms with Gasteiger partial charge in [0, 0.05) is 6.20 Å². The molecular weight excluding hydrogens is 260 g/mol. The number of hydrogen-bond donors (Lipinski definition) is 1. The maximum Gasteiger partial charge on any atom is 0.311 e. The van der Waals surface area contributed by atoms with Crippen molar-refractivity contribution < 1.29 is 9.90 Å². The van der Waals surface area contributed by atoms with Gasteiger partial charge in [0.15, 0.2) is 0 Å². The Hall–Kier alpha value is -1.36. The first-order valence-electron chi connectivity index (χ1n) is 4.43. The van der Waals surface area contributed by atoms with E-state index in [1.165, 1.54) is 0 Å². The molecule has 0 unspecified atom stereocenters. The summed E-state index contributed by atoms with van der Waals surface area (Å²) in [5, 5.41) is 8.74. The summed E-state index contributed by atoms with van der Waals surface area (Å²) >= 11 is 3.31. The second-order valence-electron chi connectivity index (χ2n) is 3.35. The van der Waals surface area contributed by atoms with Crippen LogP contribution in [0.15, 0.2) is 22.9 Å². The van der Waals surface area contributed by atoms with E-state index in [2.05, 4.69) is 20.9 Å². The van der Waals surface area contributed by atoms with Crippen LogP contribution in [0.1, 0.15) is 11.4 Å². The fourth-order valence-corrected chi connectivity index (χ4v) is 2.00. The lowest BCUT2D eigenvalue weighted by atomic mass is 10.3. The van der Waals surface area contributed by atoms with E-state index in [1.807, 2.05) is 25.3 Å². The molecule has 1 N–H and O–H groups in total. The molecule has 0 fully saturated rings. The maximum absolute atomic E-state index is 10.6. The van der Waals surface area contributed by atoms with E-state index in [0.717, 1.165) is 11.1 Å². The number of carboxylic acid groups (broad SMARTS) is 1. The lowest BCUT2D eigenvalue weighted by Gasteiger charge is -1.99. The molecule has 0 aliphatic carbocycles. The van der Waals surface area contributed by atoms with Crippen molar-refractivity contribution in [1.82, 2.24) is 9.38 Å². The predicted molar refractivity (Wildman–Crippen MR) is 59.0 cm³/mol. The third kappa shape index (κ3) is 1.87. The summed E-state index contributed by atoms with van der Waals surface area (Å²) in [5.74, 6) is -0.344. The highest BCUT2D eigenvalue weighted by Gasteiger charge is 2.11. The van der Waals surface area contributed by atoms with Gasteiger partial charge in [0.1, 0.15) is 16.8 Å². The van der Waals surface area contributed by atoms with E-state index in [9.17, 15) is 4.79 Å². The van der Waals surface area contributed by atoms with Crippen LogP contribution < -0.4 is 0 Å². The van der Waals surface area contributed by atoms with E-state index in [4.69, 9.17) is 5.11 Å². The zero-order chi connectivity index (χ0) is 11.0. The van der Waals surface area contributed by atoms with Gasteiger partial charge >= 0.3 is 5.97 Å². The van der Waals surface area contributed by atoms with E-state index >= 15 is 0 Å². The minimum absolute atomic E-state index is 0.0732. The Labute approximate surface area is 94.7 Å². The summed E-state index contributed by atoms with van der Waals surface area (Å²) < 4.78 is 2.48. The zero-order valence-electron chi connectivity index (χ0n) is 8.07. The number of halogens is 1. The molecule has 15 heavy (non-hydrogen) atoms. The molecule has 4 nitrogen and oxygen atoms in total. The summed E-state index contributed by atoms with van der Waals surface area (Å²) in [7, 11) is 0. The first kappa shape index (κ1) is 10.2. The number of fused-ring (bicyclic) bond motifs is 1. The minimum Gasteiger partial charge on any atom is -0.481 e. The molecule has 0 atom stereocenters. The van der Waals surface area contributed by atoms with Crippen molar-refractivity contribution in [2.75, 3.05) is 0 Å². The van der Waals surface area contributed by atoms with Crippen molar-refractivity contribution >= 4 is 27.4 Å². The fraction of sp³-hybridized carbons (Fsp3) is 0.200. The molecule has 78 valence electrons. The van der Waals surface area contributed by atoms with Crippen LogP contribution in [0.25, 0.3) is 5.52 Å². The van der Waals surface area contributed by atoms with Crippen molar-refractivity contribution in [2.45, 2.75) is 13.3 Å². The lowest BCUT2D eigenvalue weighted by molar-refractivity contribution is -0.136. The number of aryl methyl sites for hydroxylation is 1. The number of aromatic nitrogens is 2. The van der Waals surface area contributed by atoms with Crippen LogP contribution in [0.2, 0.25) is 0 Å². The van der Waals surface area contributed by atoms with Gasteiger partial charge in [-0.05, 0) is 34.5 Å². The van der Waals surface area contributed by atoms with Crippen LogP contribution in [-0.4, -0.2) is 20.5 Å². The molecule has 2 aromatic heterocycles. The summed E-state index contributed by atoms with van der Waals surface area (Å²) in [6.45, 7) is 1.96. The van der Waals surface area contributed by atoms with Gasteiger partial charge in [-0.1, -0.05) is 6.07 Å². The Kier molecular flexibility index (Phi) is 2.48. The summed E-state index contributed by atoms with van der Waals surface area (Å²) in [6, 6.07) is 3.88. The van der Waals surface area contributed by atoms with Gasteiger partial charge in [-0.2, -0.15) is 0 Å². The minimum atomic E-state index is -0.879. The lowest BCUT2D eigenvalue weighted by Crippen LogP contribution is -2.04. The average molecular weight is 269 g/mol. The van der Waals surface area contributed by atoms with Crippen LogP contribution in [0.4, 0.5) is 0 Å². The monoisotopic (exact) mass is 268 g/mol. The molecule has 0 aromatic carbocycles. The molecule has 0 radical (unpaired) electrons. The standard InChI is InChI=1S/C10H9BrN2O2/c1-6-2-3-7-10(11)12-8(4-9(14)15)13(7)5-6/h2-3,5H,4H2,1H3,(H,14,15). The maximum atomic E-state index is 10.6. The van der Waals surface area contributed by atoms with E-state index in [1.54, 1.807) is 4.40 Å². The SMILES string of the molecule is Cc1ccc2c(Br)nc(CC(=O)O)n2c1. The number of hydrogen-bond acceptors (Lipinski definition) is 2. The van der Waals surface area contributed by atoms with Gasteiger partial charge < -0.3 is 9.51 Å². The molecule has 2 heterocycles. The summed E-state index contributed by atoms with van der Waals surface area (Å²) in [6.07, 6.45) is 1.81. The zero-order valence-corrected chi connectivity index (χ0v) is 9.65. The second-order valence-corrected chi connectivity index (χ2v) is 4.10. The molecule has 0 saturated heterocycles. The van der Waals surface area contributed by atoms with Crippen molar-refractivity contribution in [3.8, 4) is 0 Å². The number of aliphatic carboxylic acids is 1. The third-order valence-electron chi connectivity index (χ3n) is 2.12. The molecular formula is C10H9BrN2O2. The Balaban J connectivity index is 2.64. The van der Waals surface area contributed by atoms with Crippen LogP contribution in [0, 0.1) is 6.92 Å². The van der Waals surface area contributed by atoms with Crippen molar-refractivity contribution in [2.24, 2.45) is 0 Å². The van der Waals surface area contributed by atoms with Crippen LogP contribution in [-0.2, 0) is 11.2 Å². The average Bonchev–Trinajstić information content (AvgIpc) is 2.42. The Morgan fingerprint density at radius 2 is 2.33 bits per heavy atom. The molecule has 2 aromatic rings. The van der Waals surface area contributed by atoms with Crippen LogP contribution in [0.3, 0.4) is 0 Å². The quantitative estimate of drug-likeness (QED) is 0.907. The van der Waals surface area contributed by atoms with Gasteiger partial charge in [0.05, 0.1) is 5.52 Å². The number of carboxylic acids is 1. The Morgan fingerprint density at radius 3 is 3.00 bits per heavy atom. The Bertz CT molecular complexity index is 533. The van der Waals surface area contributed by atoms with Gasteiger partial charge in [0.25, 0.3) is 0 Å². The van der Waals surface area contributed by atoms with Crippen molar-refractivity contribution in [3.05, 3.63) is 34.3 Å². The first-order chi connectivity index (χ1) is 7.08. The highest BCUT2D eigenvalue weighted by atomic mass is 79.9. The molecule has 5 heteroatoms. The van der Waals surface area contributed by atoms with Crippen molar-refractivity contribution in [3.63, 3.8) is 0 Å². The Morgan fingerprint density at radius 1 is 1.60 bits per heavy atom. The van der Waals surface area contributed by atoms with E-state index in [-0.39, 0.29) is 6.42 Å². The van der Waals surface area contributed by atoms with Crippen LogP contribution in [0.5, 0.6) is 0 Å². The summed E-state index contributed by atoms with van der Waals surface area (Å²) in [5.41, 5.74) is 1.95. The number of pyridine rings is 1.